The first-order chi connectivity index (χ1) is 6.66. The minimum absolute atomic E-state index is 0.354. The normalized spacial score (nSPS) is 33.4. The highest BCUT2D eigenvalue weighted by Crippen LogP contribution is 2.22. The van der Waals surface area contributed by atoms with Gasteiger partial charge >= 0.3 is 0 Å². The second-order valence-corrected chi connectivity index (χ2v) is 5.67. The van der Waals surface area contributed by atoms with E-state index in [1.807, 2.05) is 0 Å². The SMILES string of the molecule is CC1(C)CC(NC2CCCCC2)CN1. The average molecular weight is 196 g/mol. The van der Waals surface area contributed by atoms with Gasteiger partial charge in [0.2, 0.25) is 0 Å². The van der Waals surface area contributed by atoms with E-state index in [-0.39, 0.29) is 0 Å². The van der Waals surface area contributed by atoms with Crippen LogP contribution < -0.4 is 10.6 Å². The van der Waals surface area contributed by atoms with Crippen LogP contribution >= 0.6 is 0 Å². The van der Waals surface area contributed by atoms with Gasteiger partial charge in [0.1, 0.15) is 0 Å². The van der Waals surface area contributed by atoms with Crippen molar-refractivity contribution in [1.29, 1.82) is 0 Å². The van der Waals surface area contributed by atoms with E-state index in [4.69, 9.17) is 0 Å². The molecule has 1 saturated carbocycles. The molecular formula is C12H24N2. The molecule has 0 amide bonds. The predicted octanol–water partition coefficient (Wildman–Crippen LogP) is 2.05. The molecule has 1 heterocycles. The molecule has 0 aromatic carbocycles. The fourth-order valence-corrected chi connectivity index (χ4v) is 2.88. The second kappa shape index (κ2) is 4.19. The van der Waals surface area contributed by atoms with Crippen LogP contribution in [-0.4, -0.2) is 24.2 Å². The lowest BCUT2D eigenvalue weighted by atomic mass is 9.94. The van der Waals surface area contributed by atoms with Crippen LogP contribution in [0.3, 0.4) is 0 Å². The van der Waals surface area contributed by atoms with E-state index in [2.05, 4.69) is 24.5 Å². The van der Waals surface area contributed by atoms with Crippen molar-refractivity contribution in [3.63, 3.8) is 0 Å². The molecule has 0 aromatic heterocycles. The quantitative estimate of drug-likeness (QED) is 0.706. The summed E-state index contributed by atoms with van der Waals surface area (Å²) in [6.07, 6.45) is 8.40. The molecule has 1 saturated heterocycles. The van der Waals surface area contributed by atoms with Gasteiger partial charge in [-0.2, -0.15) is 0 Å². The number of hydrogen-bond acceptors (Lipinski definition) is 2. The van der Waals surface area contributed by atoms with Gasteiger partial charge in [-0.25, -0.2) is 0 Å². The molecule has 82 valence electrons. The second-order valence-electron chi connectivity index (χ2n) is 5.67. The van der Waals surface area contributed by atoms with Crippen molar-refractivity contribution in [1.82, 2.24) is 10.6 Å². The lowest BCUT2D eigenvalue weighted by molar-refractivity contribution is 0.336. The van der Waals surface area contributed by atoms with Crippen LogP contribution in [-0.2, 0) is 0 Å². The first-order valence-corrected chi connectivity index (χ1v) is 6.17. The van der Waals surface area contributed by atoms with Crippen LogP contribution in [0, 0.1) is 0 Å². The molecule has 2 heteroatoms. The monoisotopic (exact) mass is 196 g/mol. The van der Waals surface area contributed by atoms with Crippen LogP contribution in [0.1, 0.15) is 52.4 Å². The first kappa shape index (κ1) is 10.4. The van der Waals surface area contributed by atoms with E-state index in [1.165, 1.54) is 38.5 Å². The maximum atomic E-state index is 3.81. The van der Waals surface area contributed by atoms with E-state index < -0.39 is 0 Å². The molecule has 2 aliphatic rings. The summed E-state index contributed by atoms with van der Waals surface area (Å²) in [7, 11) is 0. The number of nitrogens with one attached hydrogen (secondary N) is 2. The molecular weight excluding hydrogens is 172 g/mol. The molecule has 1 aliphatic carbocycles. The standard InChI is InChI=1S/C12H24N2/c1-12(2)8-11(9-13-12)14-10-6-4-3-5-7-10/h10-11,13-14H,3-9H2,1-2H3. The van der Waals surface area contributed by atoms with Crippen molar-refractivity contribution in [2.75, 3.05) is 6.54 Å². The van der Waals surface area contributed by atoms with Gasteiger partial charge in [-0.15, -0.1) is 0 Å². The molecule has 1 atom stereocenters. The molecule has 2 rings (SSSR count). The summed E-state index contributed by atoms with van der Waals surface area (Å²) >= 11 is 0. The van der Waals surface area contributed by atoms with E-state index in [9.17, 15) is 0 Å². The van der Waals surface area contributed by atoms with Crippen LogP contribution in [0.25, 0.3) is 0 Å². The molecule has 2 fully saturated rings. The van der Waals surface area contributed by atoms with Gasteiger partial charge in [0, 0.05) is 24.2 Å². The summed E-state index contributed by atoms with van der Waals surface area (Å²) in [5, 5.41) is 7.38. The van der Waals surface area contributed by atoms with Gasteiger partial charge in [0.15, 0.2) is 0 Å². The fourth-order valence-electron chi connectivity index (χ4n) is 2.88. The molecule has 0 radical (unpaired) electrons. The van der Waals surface area contributed by atoms with Crippen LogP contribution in [0.15, 0.2) is 0 Å². The summed E-state index contributed by atoms with van der Waals surface area (Å²) in [6.45, 7) is 5.76. The Kier molecular flexibility index (Phi) is 3.13. The third-order valence-electron chi connectivity index (χ3n) is 3.66. The molecule has 14 heavy (non-hydrogen) atoms. The fraction of sp³-hybridized carbons (Fsp3) is 1.00. The van der Waals surface area contributed by atoms with Crippen molar-refractivity contribution >= 4 is 0 Å². The van der Waals surface area contributed by atoms with Gasteiger partial charge in [-0.1, -0.05) is 19.3 Å². The summed E-state index contributed by atoms with van der Waals surface area (Å²) < 4.78 is 0. The lowest BCUT2D eigenvalue weighted by Gasteiger charge is -2.26. The Balaban J connectivity index is 1.75. The Morgan fingerprint density at radius 3 is 2.36 bits per heavy atom. The molecule has 2 nitrogen and oxygen atoms in total. The summed E-state index contributed by atoms with van der Waals surface area (Å²) in [5.74, 6) is 0. The predicted molar refractivity (Wildman–Crippen MR) is 60.5 cm³/mol. The third-order valence-corrected chi connectivity index (χ3v) is 3.66. The summed E-state index contributed by atoms with van der Waals surface area (Å²) in [6, 6.07) is 1.53. The van der Waals surface area contributed by atoms with Crippen LogP contribution in [0.4, 0.5) is 0 Å². The third kappa shape index (κ3) is 2.71. The maximum absolute atomic E-state index is 3.81. The Morgan fingerprint density at radius 2 is 1.79 bits per heavy atom. The smallest absolute Gasteiger partial charge is 0.0212 e. The molecule has 2 N–H and O–H groups in total. The first-order valence-electron chi connectivity index (χ1n) is 6.17. The zero-order valence-corrected chi connectivity index (χ0v) is 9.60. The Labute approximate surface area is 87.8 Å². The molecule has 1 unspecified atom stereocenters. The topological polar surface area (TPSA) is 24.1 Å². The Hall–Kier alpha value is -0.0800. The molecule has 0 aromatic rings. The van der Waals surface area contributed by atoms with Crippen molar-refractivity contribution < 1.29 is 0 Å². The number of rotatable bonds is 2. The van der Waals surface area contributed by atoms with E-state index in [1.54, 1.807) is 0 Å². The van der Waals surface area contributed by atoms with Crippen LogP contribution in [0.2, 0.25) is 0 Å². The molecule has 1 aliphatic heterocycles. The van der Waals surface area contributed by atoms with Crippen molar-refractivity contribution in [2.45, 2.75) is 70.0 Å². The number of hydrogen-bond donors (Lipinski definition) is 2. The Bertz CT molecular complexity index is 183. The summed E-state index contributed by atoms with van der Waals surface area (Å²) in [5.41, 5.74) is 0.354. The van der Waals surface area contributed by atoms with Gasteiger partial charge in [-0.05, 0) is 33.1 Å². The summed E-state index contributed by atoms with van der Waals surface area (Å²) in [4.78, 5) is 0. The van der Waals surface area contributed by atoms with Gasteiger partial charge in [0.25, 0.3) is 0 Å². The largest absolute Gasteiger partial charge is 0.310 e. The van der Waals surface area contributed by atoms with Gasteiger partial charge in [0.05, 0.1) is 0 Å². The average Bonchev–Trinajstić information content (AvgIpc) is 2.47. The van der Waals surface area contributed by atoms with Crippen molar-refractivity contribution in [2.24, 2.45) is 0 Å². The highest BCUT2D eigenvalue weighted by atomic mass is 15.1. The highest BCUT2D eigenvalue weighted by Gasteiger charge is 2.31. The van der Waals surface area contributed by atoms with Crippen molar-refractivity contribution in [3.05, 3.63) is 0 Å². The van der Waals surface area contributed by atoms with E-state index in [0.717, 1.165) is 12.6 Å². The highest BCUT2D eigenvalue weighted by molar-refractivity contribution is 4.94. The van der Waals surface area contributed by atoms with Gasteiger partial charge < -0.3 is 10.6 Å². The van der Waals surface area contributed by atoms with Crippen LogP contribution in [0.5, 0.6) is 0 Å². The minimum atomic E-state index is 0.354. The molecule has 0 spiro atoms. The van der Waals surface area contributed by atoms with E-state index >= 15 is 0 Å². The zero-order chi connectivity index (χ0) is 10.0. The van der Waals surface area contributed by atoms with E-state index in [0.29, 0.717) is 11.6 Å². The van der Waals surface area contributed by atoms with Crippen molar-refractivity contribution in [3.8, 4) is 0 Å². The minimum Gasteiger partial charge on any atom is -0.310 e. The lowest BCUT2D eigenvalue weighted by Crippen LogP contribution is -2.40. The maximum Gasteiger partial charge on any atom is 0.0212 e. The van der Waals surface area contributed by atoms with Gasteiger partial charge in [-0.3, -0.25) is 0 Å². The Morgan fingerprint density at radius 1 is 1.07 bits per heavy atom. The zero-order valence-electron chi connectivity index (χ0n) is 9.60. The molecule has 0 bridgehead atoms.